The van der Waals surface area contributed by atoms with Gasteiger partial charge in [0.15, 0.2) is 0 Å². The highest BCUT2D eigenvalue weighted by Gasteiger charge is 2.20. The highest BCUT2D eigenvalue weighted by Crippen LogP contribution is 2.25. The second-order valence-corrected chi connectivity index (χ2v) is 8.59. The molecule has 1 amide bonds. The second-order valence-electron chi connectivity index (χ2n) is 7.32. The fourth-order valence-electron chi connectivity index (χ4n) is 3.66. The molecule has 0 unspecified atom stereocenters. The van der Waals surface area contributed by atoms with Gasteiger partial charge in [-0.25, -0.2) is 4.98 Å². The van der Waals surface area contributed by atoms with E-state index in [-0.39, 0.29) is 11.5 Å². The molecule has 3 heterocycles. The zero-order chi connectivity index (χ0) is 20.4. The summed E-state index contributed by atoms with van der Waals surface area (Å²) < 4.78 is 1.47. The van der Waals surface area contributed by atoms with Gasteiger partial charge in [0.1, 0.15) is 0 Å². The number of aromatic amines is 1. The van der Waals surface area contributed by atoms with E-state index in [2.05, 4.69) is 10.1 Å². The van der Waals surface area contributed by atoms with Gasteiger partial charge in [0.05, 0.1) is 5.69 Å². The van der Waals surface area contributed by atoms with Gasteiger partial charge in [-0.15, -0.1) is 11.3 Å². The number of hydrogen-bond acceptors (Lipinski definition) is 4. The van der Waals surface area contributed by atoms with Gasteiger partial charge in [0.25, 0.3) is 5.56 Å². The summed E-state index contributed by atoms with van der Waals surface area (Å²) in [6.45, 7) is 3.54. The molecule has 1 N–H and O–H groups in total. The first-order valence-corrected chi connectivity index (χ1v) is 11.1. The number of piperidine rings is 1. The second kappa shape index (κ2) is 8.55. The fourth-order valence-corrected chi connectivity index (χ4v) is 4.58. The van der Waals surface area contributed by atoms with E-state index in [1.807, 2.05) is 41.5 Å². The van der Waals surface area contributed by atoms with Crippen molar-refractivity contribution in [2.45, 2.75) is 39.0 Å². The average Bonchev–Trinajstić information content (AvgIpc) is 3.32. The molecule has 152 valence electrons. The summed E-state index contributed by atoms with van der Waals surface area (Å²) in [6.07, 6.45) is 4.14. The third kappa shape index (κ3) is 4.31. The van der Waals surface area contributed by atoms with Gasteiger partial charge < -0.3 is 4.90 Å². The van der Waals surface area contributed by atoms with E-state index in [4.69, 9.17) is 11.6 Å². The summed E-state index contributed by atoms with van der Waals surface area (Å²) in [4.78, 5) is 31.9. The number of aryl methyl sites for hydroxylation is 1. The van der Waals surface area contributed by atoms with Crippen molar-refractivity contribution in [3.8, 4) is 16.4 Å². The number of carbonyl (C=O) groups excluding carboxylic acids is 1. The molecule has 0 saturated carbocycles. The van der Waals surface area contributed by atoms with Crippen molar-refractivity contribution in [1.29, 1.82) is 0 Å². The first-order valence-electron chi connectivity index (χ1n) is 9.83. The predicted molar refractivity (Wildman–Crippen MR) is 116 cm³/mol. The molecule has 1 aliphatic rings. The largest absolute Gasteiger partial charge is 0.343 e. The number of amides is 1. The van der Waals surface area contributed by atoms with E-state index < -0.39 is 0 Å². The Morgan fingerprint density at radius 1 is 1.21 bits per heavy atom. The van der Waals surface area contributed by atoms with E-state index in [0.717, 1.165) is 42.9 Å². The summed E-state index contributed by atoms with van der Waals surface area (Å²) in [7, 11) is 0. The van der Waals surface area contributed by atoms with Crippen molar-refractivity contribution in [1.82, 2.24) is 19.7 Å². The highest BCUT2D eigenvalue weighted by atomic mass is 35.5. The van der Waals surface area contributed by atoms with Crippen molar-refractivity contribution < 1.29 is 4.79 Å². The molecule has 1 fully saturated rings. The van der Waals surface area contributed by atoms with Gasteiger partial charge in [-0.2, -0.15) is 4.68 Å². The summed E-state index contributed by atoms with van der Waals surface area (Å²) in [5.41, 5.74) is 3.04. The number of hydrogen-bond donors (Lipinski definition) is 1. The Hall–Kier alpha value is -2.38. The molecule has 1 aliphatic heterocycles. The Bertz CT molecular complexity index is 1060. The van der Waals surface area contributed by atoms with Crippen molar-refractivity contribution >= 4 is 28.8 Å². The first kappa shape index (κ1) is 19.9. The number of carbonyl (C=O) groups is 1. The zero-order valence-electron chi connectivity index (χ0n) is 16.3. The fraction of sp³-hybridized carbons (Fsp3) is 0.381. The predicted octanol–water partition coefficient (Wildman–Crippen LogP) is 4.20. The zero-order valence-corrected chi connectivity index (χ0v) is 17.9. The molecule has 0 bridgehead atoms. The van der Waals surface area contributed by atoms with E-state index in [1.54, 1.807) is 0 Å². The lowest BCUT2D eigenvalue weighted by Crippen LogP contribution is -2.35. The normalized spacial score (nSPS) is 14.3. The third-order valence-electron chi connectivity index (χ3n) is 5.31. The molecule has 0 aliphatic carbocycles. The van der Waals surface area contributed by atoms with Crippen molar-refractivity contribution in [2.75, 3.05) is 13.1 Å². The van der Waals surface area contributed by atoms with Gasteiger partial charge in [-0.1, -0.05) is 23.7 Å². The minimum Gasteiger partial charge on any atom is -0.343 e. The smallest absolute Gasteiger partial charge is 0.276 e. The molecule has 3 aromatic rings. The lowest BCUT2D eigenvalue weighted by Gasteiger charge is -2.26. The number of nitrogens with one attached hydrogen (secondary N) is 1. The Morgan fingerprint density at radius 3 is 2.66 bits per heavy atom. The molecule has 1 saturated heterocycles. The number of nitrogens with zero attached hydrogens (tertiary/aromatic N) is 3. The van der Waals surface area contributed by atoms with Crippen LogP contribution in [0.4, 0.5) is 0 Å². The van der Waals surface area contributed by atoms with Gasteiger partial charge in [-0.05, 0) is 44.7 Å². The van der Waals surface area contributed by atoms with Gasteiger partial charge >= 0.3 is 0 Å². The quantitative estimate of drug-likeness (QED) is 0.659. The topological polar surface area (TPSA) is 71.0 Å². The van der Waals surface area contributed by atoms with E-state index in [9.17, 15) is 9.59 Å². The lowest BCUT2D eigenvalue weighted by atomic mass is 10.1. The minimum atomic E-state index is -0.133. The summed E-state index contributed by atoms with van der Waals surface area (Å²) in [5.74, 6) is 0.135. The van der Waals surface area contributed by atoms with Crippen LogP contribution < -0.4 is 5.56 Å². The average molecular weight is 431 g/mol. The van der Waals surface area contributed by atoms with Crippen LogP contribution in [0.15, 0.2) is 34.4 Å². The lowest BCUT2D eigenvalue weighted by molar-refractivity contribution is -0.132. The van der Waals surface area contributed by atoms with Crippen LogP contribution in [0.5, 0.6) is 0 Å². The number of likely N-dealkylation sites (tertiary alicyclic amines) is 1. The van der Waals surface area contributed by atoms with Crippen LogP contribution in [0.2, 0.25) is 5.02 Å². The maximum absolute atomic E-state index is 12.9. The summed E-state index contributed by atoms with van der Waals surface area (Å²) in [5, 5.41) is 6.28. The van der Waals surface area contributed by atoms with Crippen LogP contribution in [0.1, 0.15) is 36.9 Å². The van der Waals surface area contributed by atoms with Crippen molar-refractivity contribution in [3.05, 3.63) is 56.3 Å². The Kier molecular flexibility index (Phi) is 5.87. The maximum atomic E-state index is 12.9. The molecule has 6 nitrogen and oxygen atoms in total. The van der Waals surface area contributed by atoms with E-state index in [0.29, 0.717) is 28.6 Å². The highest BCUT2D eigenvalue weighted by molar-refractivity contribution is 7.12. The van der Waals surface area contributed by atoms with Crippen LogP contribution in [0.3, 0.4) is 0 Å². The van der Waals surface area contributed by atoms with Gasteiger partial charge in [0, 0.05) is 46.7 Å². The van der Waals surface area contributed by atoms with Crippen LogP contribution >= 0.6 is 22.9 Å². The number of aromatic nitrogens is 3. The first-order chi connectivity index (χ1) is 14.0. The van der Waals surface area contributed by atoms with Crippen LogP contribution in [-0.2, 0) is 11.2 Å². The number of halogens is 1. The summed E-state index contributed by atoms with van der Waals surface area (Å²) in [6, 6.07) is 7.44. The molecular formula is C21H23ClN4O2S. The molecular weight excluding hydrogens is 408 g/mol. The number of benzene rings is 1. The molecule has 4 rings (SSSR count). The molecule has 0 spiro atoms. The van der Waals surface area contributed by atoms with Crippen LogP contribution in [0, 0.1) is 6.92 Å². The molecule has 0 atom stereocenters. The monoisotopic (exact) mass is 430 g/mol. The van der Waals surface area contributed by atoms with Crippen LogP contribution in [0.25, 0.3) is 16.4 Å². The molecule has 2 aromatic heterocycles. The number of thiazole rings is 1. The summed E-state index contributed by atoms with van der Waals surface area (Å²) >= 11 is 7.34. The molecule has 1 aromatic carbocycles. The van der Waals surface area contributed by atoms with E-state index >= 15 is 0 Å². The Labute approximate surface area is 178 Å². The Balaban J connectivity index is 1.51. The minimum absolute atomic E-state index is 0.133. The van der Waals surface area contributed by atoms with Gasteiger partial charge in [-0.3, -0.25) is 14.7 Å². The molecule has 0 radical (unpaired) electrons. The Morgan fingerprint density at radius 2 is 1.93 bits per heavy atom. The third-order valence-corrected chi connectivity index (χ3v) is 6.39. The molecule has 8 heteroatoms. The standard InChI is InChI=1S/C21H23ClN4O2S/c1-14-17(9-10-19(27)25-11-3-2-4-12-25)20(28)26(24-14)21-23-18(13-29-21)15-5-7-16(22)8-6-15/h5-8,13,24H,2-4,9-12H2,1H3. The van der Waals surface area contributed by atoms with Crippen LogP contribution in [-0.4, -0.2) is 38.7 Å². The van der Waals surface area contributed by atoms with E-state index in [1.165, 1.54) is 22.4 Å². The molecule has 29 heavy (non-hydrogen) atoms. The van der Waals surface area contributed by atoms with Crippen molar-refractivity contribution in [2.24, 2.45) is 0 Å². The SMILES string of the molecule is Cc1[nH]n(-c2nc(-c3ccc(Cl)cc3)cs2)c(=O)c1CCC(=O)N1CCCCC1. The maximum Gasteiger partial charge on any atom is 0.276 e. The number of rotatable bonds is 5. The van der Waals surface area contributed by atoms with Gasteiger partial charge in [0.2, 0.25) is 11.0 Å². The number of H-pyrrole nitrogens is 1. The van der Waals surface area contributed by atoms with Crippen molar-refractivity contribution in [3.63, 3.8) is 0 Å².